The first-order chi connectivity index (χ1) is 7.69. The van der Waals surface area contributed by atoms with Gasteiger partial charge in [-0.25, -0.2) is 0 Å². The molecule has 1 N–H and O–H groups in total. The maximum absolute atomic E-state index is 12.4. The van der Waals surface area contributed by atoms with Crippen LogP contribution in [0.15, 0.2) is 0 Å². The van der Waals surface area contributed by atoms with Crippen LogP contribution in [-0.4, -0.2) is 49.2 Å². The van der Waals surface area contributed by atoms with Gasteiger partial charge in [0, 0.05) is 32.8 Å². The van der Waals surface area contributed by atoms with Gasteiger partial charge in [-0.1, -0.05) is 0 Å². The molecule has 3 atom stereocenters. The Labute approximate surface area is 96.3 Å². The summed E-state index contributed by atoms with van der Waals surface area (Å²) in [7, 11) is 0. The highest BCUT2D eigenvalue weighted by atomic mass is 16.5. The van der Waals surface area contributed by atoms with Gasteiger partial charge in [0.15, 0.2) is 0 Å². The molecule has 0 aromatic carbocycles. The Morgan fingerprint density at radius 2 is 2.06 bits per heavy atom. The van der Waals surface area contributed by atoms with Gasteiger partial charge < -0.3 is 15.0 Å². The lowest BCUT2D eigenvalue weighted by Crippen LogP contribution is -2.46. The van der Waals surface area contributed by atoms with E-state index >= 15 is 0 Å². The number of carbonyl (C=O) groups excluding carboxylic acids is 1. The average molecular weight is 224 g/mol. The van der Waals surface area contributed by atoms with E-state index in [0.29, 0.717) is 11.8 Å². The van der Waals surface area contributed by atoms with Gasteiger partial charge in [0.2, 0.25) is 0 Å². The molecule has 16 heavy (non-hydrogen) atoms. The second-order valence-corrected chi connectivity index (χ2v) is 5.57. The summed E-state index contributed by atoms with van der Waals surface area (Å²) < 4.78 is 5.63. The van der Waals surface area contributed by atoms with E-state index in [1.54, 1.807) is 0 Å². The molecule has 0 spiro atoms. The lowest BCUT2D eigenvalue weighted by Gasteiger charge is -2.28. The van der Waals surface area contributed by atoms with E-state index in [9.17, 15) is 4.79 Å². The highest BCUT2D eigenvalue weighted by molar-refractivity contribution is 5.85. The lowest BCUT2D eigenvalue weighted by molar-refractivity contribution is -0.150. The highest BCUT2D eigenvalue weighted by Crippen LogP contribution is 2.32. The Morgan fingerprint density at radius 1 is 1.38 bits per heavy atom. The third kappa shape index (κ3) is 1.55. The monoisotopic (exact) mass is 224 g/mol. The zero-order valence-electron chi connectivity index (χ0n) is 9.87. The van der Waals surface area contributed by atoms with E-state index in [2.05, 4.69) is 5.32 Å². The molecule has 0 saturated carbocycles. The SMILES string of the molecule is CC1(C(=O)N2C[C@H]3CNC[C@H]3C2)CCCO1. The second kappa shape index (κ2) is 3.70. The summed E-state index contributed by atoms with van der Waals surface area (Å²) in [5, 5.41) is 3.39. The van der Waals surface area contributed by atoms with Crippen molar-refractivity contribution >= 4 is 5.91 Å². The Hall–Kier alpha value is -0.610. The third-order valence-electron chi connectivity index (χ3n) is 4.35. The first-order valence-corrected chi connectivity index (χ1v) is 6.33. The fourth-order valence-electron chi connectivity index (χ4n) is 3.30. The summed E-state index contributed by atoms with van der Waals surface area (Å²) in [5.74, 6) is 1.57. The summed E-state index contributed by atoms with van der Waals surface area (Å²) >= 11 is 0. The predicted molar refractivity (Wildman–Crippen MR) is 60.0 cm³/mol. The van der Waals surface area contributed by atoms with Crippen molar-refractivity contribution in [2.24, 2.45) is 11.8 Å². The number of amides is 1. The molecule has 0 aromatic heterocycles. The molecule has 3 rings (SSSR count). The van der Waals surface area contributed by atoms with Crippen molar-refractivity contribution in [1.29, 1.82) is 0 Å². The minimum Gasteiger partial charge on any atom is -0.365 e. The zero-order valence-corrected chi connectivity index (χ0v) is 9.87. The van der Waals surface area contributed by atoms with Crippen LogP contribution in [0.2, 0.25) is 0 Å². The number of carbonyl (C=O) groups is 1. The average Bonchev–Trinajstić information content (AvgIpc) is 2.90. The summed E-state index contributed by atoms with van der Waals surface area (Å²) in [6, 6.07) is 0. The van der Waals surface area contributed by atoms with Gasteiger partial charge in [0.05, 0.1) is 0 Å². The van der Waals surface area contributed by atoms with E-state index in [1.807, 2.05) is 11.8 Å². The molecule has 3 aliphatic heterocycles. The first-order valence-electron chi connectivity index (χ1n) is 6.33. The zero-order chi connectivity index (χ0) is 11.2. The number of hydrogen-bond acceptors (Lipinski definition) is 3. The molecule has 3 heterocycles. The van der Waals surface area contributed by atoms with Gasteiger partial charge in [-0.2, -0.15) is 0 Å². The van der Waals surface area contributed by atoms with E-state index in [-0.39, 0.29) is 5.91 Å². The highest BCUT2D eigenvalue weighted by Gasteiger charge is 2.45. The minimum atomic E-state index is -0.522. The standard InChI is InChI=1S/C12H20N2O2/c1-12(3-2-4-16-12)11(15)14-7-9-5-13-6-10(9)8-14/h9-10,13H,2-8H2,1H3/t9-,10+,12?. The number of nitrogens with zero attached hydrogens (tertiary/aromatic N) is 1. The van der Waals surface area contributed by atoms with Crippen molar-refractivity contribution < 1.29 is 9.53 Å². The number of nitrogens with one attached hydrogen (secondary N) is 1. The van der Waals surface area contributed by atoms with Crippen LogP contribution in [0.25, 0.3) is 0 Å². The lowest BCUT2D eigenvalue weighted by atomic mass is 10.0. The van der Waals surface area contributed by atoms with E-state index in [1.165, 1.54) is 0 Å². The molecule has 0 aromatic rings. The molecule has 3 saturated heterocycles. The summed E-state index contributed by atoms with van der Waals surface area (Å²) in [4.78, 5) is 14.4. The second-order valence-electron chi connectivity index (χ2n) is 5.57. The van der Waals surface area contributed by atoms with Crippen LogP contribution in [0, 0.1) is 11.8 Å². The van der Waals surface area contributed by atoms with E-state index in [0.717, 1.165) is 45.6 Å². The predicted octanol–water partition coefficient (Wildman–Crippen LogP) is 0.233. The molecule has 4 nitrogen and oxygen atoms in total. The fraction of sp³-hybridized carbons (Fsp3) is 0.917. The Morgan fingerprint density at radius 3 is 2.62 bits per heavy atom. The molecule has 4 heteroatoms. The van der Waals surface area contributed by atoms with E-state index in [4.69, 9.17) is 4.74 Å². The maximum Gasteiger partial charge on any atom is 0.254 e. The molecule has 0 bridgehead atoms. The van der Waals surface area contributed by atoms with Crippen molar-refractivity contribution in [3.05, 3.63) is 0 Å². The fourth-order valence-corrected chi connectivity index (χ4v) is 3.30. The van der Waals surface area contributed by atoms with Crippen molar-refractivity contribution in [3.63, 3.8) is 0 Å². The molecule has 90 valence electrons. The molecule has 0 aliphatic carbocycles. The molecular weight excluding hydrogens is 204 g/mol. The molecule has 3 aliphatic rings. The van der Waals surface area contributed by atoms with Crippen LogP contribution in [0.3, 0.4) is 0 Å². The van der Waals surface area contributed by atoms with Crippen LogP contribution >= 0.6 is 0 Å². The van der Waals surface area contributed by atoms with Crippen LogP contribution in [0.4, 0.5) is 0 Å². The number of hydrogen-bond donors (Lipinski definition) is 1. The summed E-state index contributed by atoms with van der Waals surface area (Å²) in [6.45, 7) is 6.70. The van der Waals surface area contributed by atoms with Gasteiger partial charge >= 0.3 is 0 Å². The van der Waals surface area contributed by atoms with Crippen molar-refractivity contribution in [1.82, 2.24) is 10.2 Å². The molecule has 3 fully saturated rings. The topological polar surface area (TPSA) is 41.6 Å². The molecule has 1 amide bonds. The van der Waals surface area contributed by atoms with Gasteiger partial charge in [0.1, 0.15) is 5.60 Å². The Kier molecular flexibility index (Phi) is 2.44. The summed E-state index contributed by atoms with van der Waals surface area (Å²) in [6.07, 6.45) is 1.90. The number of ether oxygens (including phenoxy) is 1. The summed E-state index contributed by atoms with van der Waals surface area (Å²) in [5.41, 5.74) is -0.522. The molecule has 0 radical (unpaired) electrons. The molecule has 1 unspecified atom stereocenters. The molecular formula is C12H20N2O2. The van der Waals surface area contributed by atoms with Crippen LogP contribution in [0.1, 0.15) is 19.8 Å². The number of likely N-dealkylation sites (tertiary alicyclic amines) is 1. The first kappa shape index (κ1) is 10.5. The number of rotatable bonds is 1. The van der Waals surface area contributed by atoms with Crippen LogP contribution in [-0.2, 0) is 9.53 Å². The minimum absolute atomic E-state index is 0.222. The van der Waals surface area contributed by atoms with Gasteiger partial charge in [-0.3, -0.25) is 4.79 Å². The third-order valence-corrected chi connectivity index (χ3v) is 4.35. The van der Waals surface area contributed by atoms with Crippen molar-refractivity contribution in [2.75, 3.05) is 32.8 Å². The Bertz CT molecular complexity index is 287. The van der Waals surface area contributed by atoms with Gasteiger partial charge in [-0.05, 0) is 31.6 Å². The van der Waals surface area contributed by atoms with Crippen LogP contribution < -0.4 is 5.32 Å². The maximum atomic E-state index is 12.4. The van der Waals surface area contributed by atoms with Crippen molar-refractivity contribution in [2.45, 2.75) is 25.4 Å². The van der Waals surface area contributed by atoms with Crippen LogP contribution in [0.5, 0.6) is 0 Å². The Balaban J connectivity index is 1.68. The largest absolute Gasteiger partial charge is 0.365 e. The van der Waals surface area contributed by atoms with Crippen molar-refractivity contribution in [3.8, 4) is 0 Å². The smallest absolute Gasteiger partial charge is 0.254 e. The number of fused-ring (bicyclic) bond motifs is 1. The van der Waals surface area contributed by atoms with Gasteiger partial charge in [0.25, 0.3) is 5.91 Å². The quantitative estimate of drug-likeness (QED) is 0.693. The van der Waals surface area contributed by atoms with E-state index < -0.39 is 5.60 Å². The normalized spacial score (nSPS) is 42.7. The van der Waals surface area contributed by atoms with Gasteiger partial charge in [-0.15, -0.1) is 0 Å².